The Morgan fingerprint density at radius 2 is 2.06 bits per heavy atom. The molecule has 0 spiro atoms. The van der Waals surface area contributed by atoms with Crippen LogP contribution >= 0.6 is 0 Å². The molecule has 0 atom stereocenters. The summed E-state index contributed by atoms with van der Waals surface area (Å²) in [5.41, 5.74) is 5.43. The predicted molar refractivity (Wildman–Crippen MR) is 56.5 cm³/mol. The number of piperidine rings is 1. The molecule has 1 fully saturated rings. The Labute approximate surface area is 96.6 Å². The summed E-state index contributed by atoms with van der Waals surface area (Å²) in [5.74, 6) is -2.98. The van der Waals surface area contributed by atoms with Crippen molar-refractivity contribution in [3.8, 4) is 0 Å². The molecular formula is C10H12F2N4O. The van der Waals surface area contributed by atoms with E-state index in [9.17, 15) is 13.6 Å². The average molecular weight is 242 g/mol. The number of hydrogen-bond donors (Lipinski definition) is 1. The summed E-state index contributed by atoms with van der Waals surface area (Å²) in [6.07, 6.45) is 0.732. The molecule has 1 saturated heterocycles. The third-order valence-corrected chi connectivity index (χ3v) is 2.65. The second-order valence-electron chi connectivity index (χ2n) is 3.95. The molecule has 1 aromatic rings. The van der Waals surface area contributed by atoms with Gasteiger partial charge >= 0.3 is 0 Å². The van der Waals surface area contributed by atoms with Gasteiger partial charge in [0.05, 0.1) is 0 Å². The van der Waals surface area contributed by atoms with E-state index in [4.69, 9.17) is 5.73 Å². The van der Waals surface area contributed by atoms with Crippen molar-refractivity contribution in [1.82, 2.24) is 14.9 Å². The van der Waals surface area contributed by atoms with Gasteiger partial charge in [0.15, 0.2) is 0 Å². The van der Waals surface area contributed by atoms with Gasteiger partial charge in [-0.3, -0.25) is 4.79 Å². The summed E-state index contributed by atoms with van der Waals surface area (Å²) in [5, 5.41) is 0. The summed E-state index contributed by atoms with van der Waals surface area (Å²) in [6, 6.07) is 1.46. The number of likely N-dealkylation sites (tertiary alicyclic amines) is 1. The van der Waals surface area contributed by atoms with Crippen LogP contribution in [0.3, 0.4) is 0 Å². The van der Waals surface area contributed by atoms with Crippen LogP contribution in [-0.2, 0) is 0 Å². The SMILES string of the molecule is Nc1ccnc(C(=O)N2CCC(F)(F)CC2)n1. The van der Waals surface area contributed by atoms with E-state index in [1.165, 1.54) is 17.2 Å². The van der Waals surface area contributed by atoms with Crippen LogP contribution in [0, 0.1) is 0 Å². The van der Waals surface area contributed by atoms with Crippen molar-refractivity contribution in [2.75, 3.05) is 18.8 Å². The lowest BCUT2D eigenvalue weighted by atomic mass is 10.1. The van der Waals surface area contributed by atoms with Crippen LogP contribution in [0.5, 0.6) is 0 Å². The quantitative estimate of drug-likeness (QED) is 0.795. The second-order valence-corrected chi connectivity index (χ2v) is 3.95. The van der Waals surface area contributed by atoms with Crippen molar-refractivity contribution >= 4 is 11.7 Å². The number of amides is 1. The Bertz CT molecular complexity index is 428. The molecule has 17 heavy (non-hydrogen) atoms. The molecule has 0 aromatic carbocycles. The fraction of sp³-hybridized carbons (Fsp3) is 0.500. The predicted octanol–water partition coefficient (Wildman–Crippen LogP) is 0.930. The van der Waals surface area contributed by atoms with Crippen LogP contribution < -0.4 is 5.73 Å². The van der Waals surface area contributed by atoms with E-state index >= 15 is 0 Å². The maximum absolute atomic E-state index is 12.9. The molecule has 92 valence electrons. The Balaban J connectivity index is 2.07. The van der Waals surface area contributed by atoms with Crippen LogP contribution in [-0.4, -0.2) is 39.8 Å². The van der Waals surface area contributed by atoms with E-state index in [1.54, 1.807) is 0 Å². The summed E-state index contributed by atoms with van der Waals surface area (Å²) in [4.78, 5) is 20.7. The minimum Gasteiger partial charge on any atom is -0.384 e. The minimum atomic E-state index is -2.67. The Kier molecular flexibility index (Phi) is 2.91. The highest BCUT2D eigenvalue weighted by molar-refractivity contribution is 5.90. The van der Waals surface area contributed by atoms with Gasteiger partial charge in [-0.05, 0) is 6.07 Å². The first-order chi connectivity index (χ1) is 7.98. The van der Waals surface area contributed by atoms with Crippen molar-refractivity contribution < 1.29 is 13.6 Å². The van der Waals surface area contributed by atoms with Crippen LogP contribution in [0.25, 0.3) is 0 Å². The zero-order valence-electron chi connectivity index (χ0n) is 9.07. The molecule has 7 heteroatoms. The molecule has 2 heterocycles. The molecule has 1 aliphatic heterocycles. The number of nitrogens with zero attached hydrogens (tertiary/aromatic N) is 3. The van der Waals surface area contributed by atoms with E-state index in [2.05, 4.69) is 9.97 Å². The largest absolute Gasteiger partial charge is 0.384 e. The monoisotopic (exact) mass is 242 g/mol. The summed E-state index contributed by atoms with van der Waals surface area (Å²) >= 11 is 0. The first kappa shape index (κ1) is 11.7. The fourth-order valence-electron chi connectivity index (χ4n) is 1.65. The van der Waals surface area contributed by atoms with Crippen LogP contribution in [0.4, 0.5) is 14.6 Å². The normalized spacial score (nSPS) is 19.1. The molecule has 0 unspecified atom stereocenters. The van der Waals surface area contributed by atoms with E-state index in [-0.39, 0.29) is 37.6 Å². The van der Waals surface area contributed by atoms with Crippen LogP contribution in [0.15, 0.2) is 12.3 Å². The highest BCUT2D eigenvalue weighted by atomic mass is 19.3. The standard InChI is InChI=1S/C10H12F2N4O/c11-10(12)2-5-16(6-3-10)9(17)8-14-4-1-7(13)15-8/h1,4H,2-3,5-6H2,(H2,13,14,15). The molecule has 0 radical (unpaired) electrons. The van der Waals surface area contributed by atoms with Crippen LogP contribution in [0.2, 0.25) is 0 Å². The second kappa shape index (κ2) is 4.23. The van der Waals surface area contributed by atoms with Gasteiger partial charge in [-0.2, -0.15) is 0 Å². The van der Waals surface area contributed by atoms with Crippen molar-refractivity contribution in [2.24, 2.45) is 0 Å². The first-order valence-corrected chi connectivity index (χ1v) is 5.23. The molecular weight excluding hydrogens is 230 g/mol. The third kappa shape index (κ3) is 2.66. The van der Waals surface area contributed by atoms with Crippen LogP contribution in [0.1, 0.15) is 23.5 Å². The lowest BCUT2D eigenvalue weighted by molar-refractivity contribution is -0.0496. The molecule has 0 aliphatic carbocycles. The Morgan fingerprint density at radius 1 is 1.41 bits per heavy atom. The summed E-state index contributed by atoms with van der Waals surface area (Å²) < 4.78 is 25.8. The highest BCUT2D eigenvalue weighted by Crippen LogP contribution is 2.27. The van der Waals surface area contributed by atoms with Gasteiger partial charge in [0.2, 0.25) is 5.82 Å². The summed E-state index contributed by atoms with van der Waals surface area (Å²) in [6.45, 7) is 0.0357. The topological polar surface area (TPSA) is 72.1 Å². The molecule has 5 nitrogen and oxygen atoms in total. The average Bonchev–Trinajstić information content (AvgIpc) is 2.28. The number of alkyl halides is 2. The Morgan fingerprint density at radius 3 is 2.65 bits per heavy atom. The molecule has 0 saturated carbocycles. The van der Waals surface area contributed by atoms with E-state index < -0.39 is 11.8 Å². The number of rotatable bonds is 1. The zero-order chi connectivity index (χ0) is 12.5. The van der Waals surface area contributed by atoms with Gasteiger partial charge in [-0.25, -0.2) is 18.7 Å². The summed E-state index contributed by atoms with van der Waals surface area (Å²) in [7, 11) is 0. The smallest absolute Gasteiger partial charge is 0.291 e. The highest BCUT2D eigenvalue weighted by Gasteiger charge is 2.36. The van der Waals surface area contributed by atoms with Crippen molar-refractivity contribution in [3.63, 3.8) is 0 Å². The van der Waals surface area contributed by atoms with E-state index in [1.807, 2.05) is 0 Å². The number of nitrogens with two attached hydrogens (primary N) is 1. The zero-order valence-corrected chi connectivity index (χ0v) is 9.07. The number of aromatic nitrogens is 2. The number of carbonyl (C=O) groups is 1. The molecule has 2 N–H and O–H groups in total. The maximum atomic E-state index is 12.9. The van der Waals surface area contributed by atoms with Gasteiger partial charge in [0, 0.05) is 32.1 Å². The van der Waals surface area contributed by atoms with Crippen molar-refractivity contribution in [3.05, 3.63) is 18.1 Å². The molecule has 1 aromatic heterocycles. The molecule has 0 bridgehead atoms. The molecule has 1 aliphatic rings. The first-order valence-electron chi connectivity index (χ1n) is 5.23. The number of anilines is 1. The molecule has 2 rings (SSSR count). The molecule has 1 amide bonds. The van der Waals surface area contributed by atoms with Gasteiger partial charge in [-0.1, -0.05) is 0 Å². The minimum absolute atomic E-state index is 0.0178. The number of halogens is 2. The third-order valence-electron chi connectivity index (χ3n) is 2.65. The van der Waals surface area contributed by atoms with Gasteiger partial charge in [0.1, 0.15) is 5.82 Å². The number of carbonyl (C=O) groups excluding carboxylic acids is 1. The number of nitrogen functional groups attached to an aromatic ring is 1. The van der Waals surface area contributed by atoms with Gasteiger partial charge in [0.25, 0.3) is 11.8 Å². The number of hydrogen-bond acceptors (Lipinski definition) is 4. The van der Waals surface area contributed by atoms with Crippen molar-refractivity contribution in [1.29, 1.82) is 0 Å². The lowest BCUT2D eigenvalue weighted by Crippen LogP contribution is -2.43. The maximum Gasteiger partial charge on any atom is 0.291 e. The van der Waals surface area contributed by atoms with Gasteiger partial charge < -0.3 is 10.6 Å². The Hall–Kier alpha value is -1.79. The van der Waals surface area contributed by atoms with E-state index in [0.29, 0.717) is 0 Å². The fourth-order valence-corrected chi connectivity index (χ4v) is 1.65. The van der Waals surface area contributed by atoms with Crippen molar-refractivity contribution in [2.45, 2.75) is 18.8 Å². The lowest BCUT2D eigenvalue weighted by Gasteiger charge is -2.31. The van der Waals surface area contributed by atoms with Gasteiger partial charge in [-0.15, -0.1) is 0 Å². The van der Waals surface area contributed by atoms with E-state index in [0.717, 1.165) is 0 Å².